The number of anilines is 1. The van der Waals surface area contributed by atoms with E-state index in [4.69, 9.17) is 5.73 Å². The highest BCUT2D eigenvalue weighted by Gasteiger charge is 2.45. The number of nitrogens with two attached hydrogens (primary N) is 1. The monoisotopic (exact) mass is 375 g/mol. The van der Waals surface area contributed by atoms with Crippen LogP contribution in [0.5, 0.6) is 0 Å². The molecule has 1 aliphatic rings. The van der Waals surface area contributed by atoms with Gasteiger partial charge in [0.25, 0.3) is 0 Å². The largest absolute Gasteiger partial charge is 0.351 e. The van der Waals surface area contributed by atoms with Crippen molar-refractivity contribution in [3.8, 4) is 11.5 Å². The maximum atomic E-state index is 12.2. The molecule has 2 amide bonds. The first-order valence-electron chi connectivity index (χ1n) is 8.72. The number of imidazole rings is 1. The average molecular weight is 375 g/mol. The molecule has 134 valence electrons. The molecule has 1 fully saturated rings. The summed E-state index contributed by atoms with van der Waals surface area (Å²) in [6.45, 7) is 0. The summed E-state index contributed by atoms with van der Waals surface area (Å²) in [6.07, 6.45) is 0.915. The summed E-state index contributed by atoms with van der Waals surface area (Å²) in [7, 11) is 0. The van der Waals surface area contributed by atoms with Crippen molar-refractivity contribution in [2.45, 2.75) is 18.4 Å². The molecule has 5 rings (SSSR count). The molecular weight excluding hydrogens is 358 g/mol. The topological polar surface area (TPSA) is 87.9 Å². The van der Waals surface area contributed by atoms with E-state index in [0.717, 1.165) is 34.7 Å². The highest BCUT2D eigenvalue weighted by Crippen LogP contribution is 2.46. The van der Waals surface area contributed by atoms with Crippen LogP contribution in [0.15, 0.2) is 59.4 Å². The number of carbonyl (C=O) groups excluding carboxylic acids is 1. The Morgan fingerprint density at radius 1 is 1.22 bits per heavy atom. The van der Waals surface area contributed by atoms with Crippen LogP contribution in [0.4, 0.5) is 10.5 Å². The van der Waals surface area contributed by atoms with Crippen LogP contribution in [0.2, 0.25) is 0 Å². The highest BCUT2D eigenvalue weighted by molar-refractivity contribution is 7.07. The maximum absolute atomic E-state index is 12.2. The van der Waals surface area contributed by atoms with Crippen LogP contribution in [0.3, 0.4) is 0 Å². The average Bonchev–Trinajstić information content (AvgIpc) is 3.08. The Balaban J connectivity index is 1.48. The number of fused-ring (bicyclic) bond motifs is 1. The molecule has 1 aliphatic carbocycles. The SMILES string of the molecule is NC(=O)N(c1ccc2nc(-c3cscn3)[nH]c2c1)C1CC1c1ccccc1. The number of amides is 2. The number of rotatable bonds is 4. The van der Waals surface area contributed by atoms with Crippen LogP contribution in [0.25, 0.3) is 22.6 Å². The number of nitrogens with one attached hydrogen (secondary N) is 1. The first-order chi connectivity index (χ1) is 13.2. The van der Waals surface area contributed by atoms with E-state index in [1.807, 2.05) is 41.8 Å². The van der Waals surface area contributed by atoms with Crippen LogP contribution >= 0.6 is 11.3 Å². The third-order valence-corrected chi connectivity index (χ3v) is 5.56. The molecular formula is C20H17N5OS. The van der Waals surface area contributed by atoms with Gasteiger partial charge in [-0.25, -0.2) is 14.8 Å². The molecule has 2 aromatic heterocycles. The molecule has 6 nitrogen and oxygen atoms in total. The van der Waals surface area contributed by atoms with Gasteiger partial charge in [0.2, 0.25) is 0 Å². The Labute approximate surface area is 159 Å². The van der Waals surface area contributed by atoms with E-state index in [1.54, 1.807) is 10.4 Å². The molecule has 2 aromatic carbocycles. The number of aromatic nitrogens is 3. The summed E-state index contributed by atoms with van der Waals surface area (Å²) in [6, 6.07) is 15.6. The maximum Gasteiger partial charge on any atom is 0.319 e. The van der Waals surface area contributed by atoms with Gasteiger partial charge in [-0.3, -0.25) is 4.90 Å². The first kappa shape index (κ1) is 16.0. The third kappa shape index (κ3) is 2.86. The molecule has 4 aromatic rings. The predicted molar refractivity (Wildman–Crippen MR) is 107 cm³/mol. The van der Waals surface area contributed by atoms with Gasteiger partial charge < -0.3 is 10.7 Å². The van der Waals surface area contributed by atoms with E-state index in [-0.39, 0.29) is 6.04 Å². The first-order valence-corrected chi connectivity index (χ1v) is 9.67. The molecule has 27 heavy (non-hydrogen) atoms. The quantitative estimate of drug-likeness (QED) is 0.562. The number of hydrogen-bond donors (Lipinski definition) is 2. The highest BCUT2D eigenvalue weighted by atomic mass is 32.1. The molecule has 3 N–H and O–H groups in total. The Morgan fingerprint density at radius 3 is 2.81 bits per heavy atom. The molecule has 0 bridgehead atoms. The van der Waals surface area contributed by atoms with E-state index in [9.17, 15) is 4.79 Å². The Bertz CT molecular complexity index is 1110. The molecule has 0 aliphatic heterocycles. The second-order valence-corrected chi connectivity index (χ2v) is 7.41. The Kier molecular flexibility index (Phi) is 3.68. The molecule has 1 saturated carbocycles. The van der Waals surface area contributed by atoms with Crippen molar-refractivity contribution in [3.63, 3.8) is 0 Å². The van der Waals surface area contributed by atoms with Crippen molar-refractivity contribution in [1.29, 1.82) is 0 Å². The lowest BCUT2D eigenvalue weighted by atomic mass is 10.1. The summed E-state index contributed by atoms with van der Waals surface area (Å²) in [4.78, 5) is 26.1. The molecule has 0 saturated heterocycles. The zero-order valence-corrected chi connectivity index (χ0v) is 15.2. The molecule has 0 spiro atoms. The molecule has 0 radical (unpaired) electrons. The van der Waals surface area contributed by atoms with Crippen LogP contribution in [-0.4, -0.2) is 27.0 Å². The number of primary amides is 1. The van der Waals surface area contributed by atoms with Crippen molar-refractivity contribution in [2.24, 2.45) is 5.73 Å². The number of aromatic amines is 1. The van der Waals surface area contributed by atoms with Gasteiger partial charge in [0.05, 0.1) is 16.5 Å². The fraction of sp³-hybridized carbons (Fsp3) is 0.150. The summed E-state index contributed by atoms with van der Waals surface area (Å²) in [5, 5.41) is 1.95. The van der Waals surface area contributed by atoms with Gasteiger partial charge in [0.15, 0.2) is 5.82 Å². The zero-order chi connectivity index (χ0) is 18.4. The molecule has 2 atom stereocenters. The summed E-state index contributed by atoms with van der Waals surface area (Å²) in [5.74, 6) is 1.05. The van der Waals surface area contributed by atoms with E-state index in [0.29, 0.717) is 5.92 Å². The lowest BCUT2D eigenvalue weighted by molar-refractivity contribution is 0.253. The van der Waals surface area contributed by atoms with Crippen LogP contribution in [0.1, 0.15) is 17.9 Å². The smallest absolute Gasteiger partial charge is 0.319 e. The molecule has 2 heterocycles. The fourth-order valence-electron chi connectivity index (χ4n) is 3.61. The minimum Gasteiger partial charge on any atom is -0.351 e. The van der Waals surface area contributed by atoms with Gasteiger partial charge in [-0.05, 0) is 30.2 Å². The Morgan fingerprint density at radius 2 is 2.07 bits per heavy atom. The third-order valence-electron chi connectivity index (χ3n) is 4.97. The lowest BCUT2D eigenvalue weighted by Gasteiger charge is -2.21. The van der Waals surface area contributed by atoms with Crippen molar-refractivity contribution < 1.29 is 4.79 Å². The molecule has 7 heteroatoms. The summed E-state index contributed by atoms with van der Waals surface area (Å²) >= 11 is 1.53. The van der Waals surface area contributed by atoms with Crippen LogP contribution in [-0.2, 0) is 0 Å². The zero-order valence-electron chi connectivity index (χ0n) is 14.4. The summed E-state index contributed by atoms with van der Waals surface area (Å²) < 4.78 is 0. The fourth-order valence-corrected chi connectivity index (χ4v) is 4.14. The van der Waals surface area contributed by atoms with Crippen LogP contribution < -0.4 is 10.6 Å². The van der Waals surface area contributed by atoms with Gasteiger partial charge in [-0.2, -0.15) is 0 Å². The van der Waals surface area contributed by atoms with Crippen molar-refractivity contribution in [1.82, 2.24) is 15.0 Å². The number of benzene rings is 2. The second-order valence-electron chi connectivity index (χ2n) is 6.69. The second kappa shape index (κ2) is 6.21. The number of urea groups is 1. The predicted octanol–water partition coefficient (Wildman–Crippen LogP) is 4.13. The number of H-pyrrole nitrogens is 1. The van der Waals surface area contributed by atoms with Gasteiger partial charge in [-0.1, -0.05) is 30.3 Å². The van der Waals surface area contributed by atoms with Gasteiger partial charge in [-0.15, -0.1) is 11.3 Å². The number of nitrogens with zero attached hydrogens (tertiary/aromatic N) is 3. The van der Waals surface area contributed by atoms with E-state index in [1.165, 1.54) is 16.9 Å². The van der Waals surface area contributed by atoms with Gasteiger partial charge in [0, 0.05) is 23.0 Å². The van der Waals surface area contributed by atoms with E-state index in [2.05, 4.69) is 27.1 Å². The van der Waals surface area contributed by atoms with Crippen LogP contribution in [0, 0.1) is 0 Å². The minimum atomic E-state index is -0.433. The van der Waals surface area contributed by atoms with Gasteiger partial charge >= 0.3 is 6.03 Å². The van der Waals surface area contributed by atoms with Crippen molar-refractivity contribution in [2.75, 3.05) is 4.90 Å². The molecule has 2 unspecified atom stereocenters. The number of carbonyl (C=O) groups is 1. The van der Waals surface area contributed by atoms with E-state index < -0.39 is 6.03 Å². The van der Waals surface area contributed by atoms with E-state index >= 15 is 0 Å². The number of hydrogen-bond acceptors (Lipinski definition) is 4. The standard InChI is InChI=1S/C20H17N5OS/c21-20(26)25(18-9-14(18)12-4-2-1-3-5-12)13-6-7-15-16(8-13)24-19(23-15)17-10-27-11-22-17/h1-8,10-11,14,18H,9H2,(H2,21,26)(H,23,24). The minimum absolute atomic E-state index is 0.0864. The van der Waals surface area contributed by atoms with Gasteiger partial charge in [0.1, 0.15) is 5.69 Å². The summed E-state index contributed by atoms with van der Waals surface area (Å²) in [5.41, 5.74) is 12.0. The Hall–Kier alpha value is -3.19. The number of thiazole rings is 1. The normalized spacial score (nSPS) is 18.5. The van der Waals surface area contributed by atoms with Crippen molar-refractivity contribution in [3.05, 3.63) is 65.0 Å². The van der Waals surface area contributed by atoms with Crippen molar-refractivity contribution >= 4 is 34.1 Å². The lowest BCUT2D eigenvalue weighted by Crippen LogP contribution is -2.38.